The van der Waals surface area contributed by atoms with E-state index in [1.807, 2.05) is 0 Å². The summed E-state index contributed by atoms with van der Waals surface area (Å²) in [5, 5.41) is 17.4. The van der Waals surface area contributed by atoms with Crippen molar-refractivity contribution in [3.05, 3.63) is 0 Å². The summed E-state index contributed by atoms with van der Waals surface area (Å²) in [6.07, 6.45) is 1.14. The molecule has 0 saturated heterocycles. The van der Waals surface area contributed by atoms with Gasteiger partial charge >= 0.3 is 0 Å². The van der Waals surface area contributed by atoms with Crippen molar-refractivity contribution in [2.75, 3.05) is 26.3 Å². The topological polar surface area (TPSA) is 92.5 Å². The third-order valence-electron chi connectivity index (χ3n) is 2.15. The summed E-state index contributed by atoms with van der Waals surface area (Å²) in [6.45, 7) is 0.998. The Balaban J connectivity index is -0.000000167. The third kappa shape index (κ3) is 7.07. The van der Waals surface area contributed by atoms with Crippen LogP contribution in [-0.2, 0) is 0 Å². The van der Waals surface area contributed by atoms with Gasteiger partial charge in [0.1, 0.15) is 0 Å². The first kappa shape index (κ1) is 23.4. The third-order valence-corrected chi connectivity index (χ3v) is 2.15. The van der Waals surface area contributed by atoms with Crippen molar-refractivity contribution in [3.63, 3.8) is 0 Å². The van der Waals surface area contributed by atoms with Gasteiger partial charge in [-0.05, 0) is 31.3 Å². The Morgan fingerprint density at radius 3 is 1.21 bits per heavy atom. The minimum absolute atomic E-state index is 0. The molecule has 0 aliphatic carbocycles. The molecular formula is C7H21F3N2O2. The van der Waals surface area contributed by atoms with E-state index in [1.165, 1.54) is 0 Å². The molecule has 6 N–H and O–H groups in total. The minimum atomic E-state index is -0.260. The van der Waals surface area contributed by atoms with Crippen molar-refractivity contribution in [2.45, 2.75) is 12.8 Å². The first-order chi connectivity index (χ1) is 5.24. The first-order valence-corrected chi connectivity index (χ1v) is 3.86. The number of hydrogen-bond donors (Lipinski definition) is 4. The van der Waals surface area contributed by atoms with Gasteiger partial charge in [-0.15, -0.1) is 0 Å². The van der Waals surface area contributed by atoms with E-state index in [9.17, 15) is 0 Å². The zero-order valence-corrected chi connectivity index (χ0v) is 8.02. The van der Waals surface area contributed by atoms with E-state index in [0.717, 1.165) is 0 Å². The van der Waals surface area contributed by atoms with Crippen LogP contribution in [0.25, 0.3) is 0 Å². The Labute approximate surface area is 81.4 Å². The van der Waals surface area contributed by atoms with Gasteiger partial charge in [-0.3, -0.25) is 14.1 Å². The molecule has 0 radical (unpaired) electrons. The molecule has 0 amide bonds. The lowest BCUT2D eigenvalue weighted by Gasteiger charge is -2.29. The van der Waals surface area contributed by atoms with Crippen LogP contribution in [-0.4, -0.2) is 36.5 Å². The molecule has 0 spiro atoms. The Kier molecular flexibility index (Phi) is 21.2. The molecule has 92 valence electrons. The lowest BCUT2D eigenvalue weighted by Crippen LogP contribution is -2.39. The van der Waals surface area contributed by atoms with Crippen LogP contribution in [0.4, 0.5) is 14.1 Å². The summed E-state index contributed by atoms with van der Waals surface area (Å²) >= 11 is 0. The van der Waals surface area contributed by atoms with Crippen LogP contribution < -0.4 is 11.5 Å². The Bertz CT molecular complexity index is 96.9. The van der Waals surface area contributed by atoms with Gasteiger partial charge in [0, 0.05) is 13.2 Å². The molecular weight excluding hydrogens is 201 g/mol. The summed E-state index contributed by atoms with van der Waals surface area (Å²) in [4.78, 5) is 0. The van der Waals surface area contributed by atoms with Gasteiger partial charge in [-0.25, -0.2) is 0 Å². The summed E-state index contributed by atoms with van der Waals surface area (Å²) in [5.74, 6) is 0. The van der Waals surface area contributed by atoms with Crippen LogP contribution in [0.2, 0.25) is 0 Å². The van der Waals surface area contributed by atoms with Crippen LogP contribution in [0.5, 0.6) is 0 Å². The maximum absolute atomic E-state index is 8.70. The molecule has 0 aromatic rings. The fraction of sp³-hybridized carbons (Fsp3) is 1.00. The van der Waals surface area contributed by atoms with Gasteiger partial charge in [0.05, 0.1) is 0 Å². The molecule has 0 rings (SSSR count). The quantitative estimate of drug-likeness (QED) is 0.469. The monoisotopic (exact) mass is 222 g/mol. The number of hydrogen-bond acceptors (Lipinski definition) is 4. The van der Waals surface area contributed by atoms with Crippen LogP contribution in [0.3, 0.4) is 0 Å². The van der Waals surface area contributed by atoms with Gasteiger partial charge in [0.25, 0.3) is 0 Å². The molecule has 0 aromatic heterocycles. The fourth-order valence-corrected chi connectivity index (χ4v) is 1.09. The molecule has 0 saturated carbocycles. The molecule has 4 nitrogen and oxygen atoms in total. The molecule has 0 aliphatic heterocycles. The highest BCUT2D eigenvalue weighted by atomic mass is 19.0. The van der Waals surface area contributed by atoms with E-state index < -0.39 is 0 Å². The van der Waals surface area contributed by atoms with E-state index in [1.54, 1.807) is 0 Å². The molecule has 0 fully saturated rings. The van der Waals surface area contributed by atoms with E-state index in [4.69, 9.17) is 21.7 Å². The highest BCUT2D eigenvalue weighted by Crippen LogP contribution is 2.22. The highest BCUT2D eigenvalue weighted by Gasteiger charge is 2.25. The number of nitrogens with two attached hydrogens (primary N) is 2. The summed E-state index contributed by atoms with van der Waals surface area (Å²) < 4.78 is 0. The van der Waals surface area contributed by atoms with Crippen molar-refractivity contribution in [1.29, 1.82) is 0 Å². The standard InChI is InChI=1S/C7H18N2O2.3FH/c8-5-7(6-9,1-3-10)2-4-11;;;/h10-11H,1-6,8-9H2;3*1H. The maximum Gasteiger partial charge on any atom is 0.0437 e. The van der Waals surface area contributed by atoms with Gasteiger partial charge in [-0.2, -0.15) is 0 Å². The van der Waals surface area contributed by atoms with Gasteiger partial charge < -0.3 is 21.7 Å². The normalized spacial score (nSPS) is 9.43. The van der Waals surface area contributed by atoms with Crippen LogP contribution >= 0.6 is 0 Å². The Morgan fingerprint density at radius 1 is 0.786 bits per heavy atom. The average Bonchev–Trinajstić information content (AvgIpc) is 2.04. The summed E-state index contributed by atoms with van der Waals surface area (Å²) in [6, 6.07) is 0. The molecule has 0 atom stereocenters. The number of aliphatic hydroxyl groups excluding tert-OH is 2. The first-order valence-electron chi connectivity index (χ1n) is 3.86. The second-order valence-electron chi connectivity index (χ2n) is 2.86. The van der Waals surface area contributed by atoms with Crippen LogP contribution in [0.15, 0.2) is 0 Å². The molecule has 0 bridgehead atoms. The lowest BCUT2D eigenvalue weighted by atomic mass is 9.82. The molecule has 0 unspecified atom stereocenters. The van der Waals surface area contributed by atoms with Crippen molar-refractivity contribution >= 4 is 0 Å². The van der Waals surface area contributed by atoms with E-state index in [-0.39, 0.29) is 32.7 Å². The Hall–Kier alpha value is -0.370. The van der Waals surface area contributed by atoms with Crippen LogP contribution in [0, 0.1) is 5.41 Å². The zero-order valence-electron chi connectivity index (χ0n) is 8.02. The summed E-state index contributed by atoms with van der Waals surface area (Å²) in [7, 11) is 0. The van der Waals surface area contributed by atoms with Gasteiger partial charge in [0.15, 0.2) is 0 Å². The largest absolute Gasteiger partial charge is 0.396 e. The Morgan fingerprint density at radius 2 is 1.07 bits per heavy atom. The molecule has 14 heavy (non-hydrogen) atoms. The highest BCUT2D eigenvalue weighted by molar-refractivity contribution is 4.80. The number of halogens is 3. The predicted molar refractivity (Wildman–Crippen MR) is 51.5 cm³/mol. The molecule has 0 aromatic carbocycles. The smallest absolute Gasteiger partial charge is 0.0437 e. The van der Waals surface area contributed by atoms with Crippen molar-refractivity contribution in [2.24, 2.45) is 16.9 Å². The van der Waals surface area contributed by atoms with Crippen molar-refractivity contribution < 1.29 is 24.3 Å². The second-order valence-corrected chi connectivity index (χ2v) is 2.86. The van der Waals surface area contributed by atoms with E-state index in [2.05, 4.69) is 0 Å². The SMILES string of the molecule is F.F.F.NCC(CN)(CCO)CCO. The zero-order chi connectivity index (χ0) is 8.74. The molecule has 0 aliphatic rings. The van der Waals surface area contributed by atoms with Crippen molar-refractivity contribution in [3.8, 4) is 0 Å². The molecule has 0 heterocycles. The maximum atomic E-state index is 8.70. The van der Waals surface area contributed by atoms with E-state index >= 15 is 0 Å². The van der Waals surface area contributed by atoms with Crippen LogP contribution in [0.1, 0.15) is 12.8 Å². The van der Waals surface area contributed by atoms with Gasteiger partial charge in [-0.1, -0.05) is 0 Å². The van der Waals surface area contributed by atoms with Gasteiger partial charge in [0.2, 0.25) is 0 Å². The number of aliphatic hydroxyl groups is 2. The predicted octanol–water partition coefficient (Wildman–Crippen LogP) is -0.887. The average molecular weight is 222 g/mol. The summed E-state index contributed by atoms with van der Waals surface area (Å²) in [5.41, 5.74) is 10.7. The fourth-order valence-electron chi connectivity index (χ4n) is 1.09. The van der Waals surface area contributed by atoms with E-state index in [0.29, 0.717) is 25.9 Å². The lowest BCUT2D eigenvalue weighted by molar-refractivity contribution is 0.146. The minimum Gasteiger partial charge on any atom is -0.396 e. The van der Waals surface area contributed by atoms with Crippen molar-refractivity contribution in [1.82, 2.24) is 0 Å². The molecule has 7 heteroatoms. The number of rotatable bonds is 6. The second kappa shape index (κ2) is 12.6.